The average Bonchev–Trinajstić information content (AvgIpc) is 3.30. The van der Waals surface area contributed by atoms with Gasteiger partial charge < -0.3 is 24.2 Å². The van der Waals surface area contributed by atoms with Gasteiger partial charge in [0, 0.05) is 31.6 Å². The molecule has 8 nitrogen and oxygen atoms in total. The molecule has 2 aliphatic rings. The van der Waals surface area contributed by atoms with Crippen LogP contribution in [0.3, 0.4) is 0 Å². The van der Waals surface area contributed by atoms with Crippen LogP contribution in [0.4, 0.5) is 15.0 Å². The molecule has 1 aromatic heterocycles. The summed E-state index contributed by atoms with van der Waals surface area (Å²) < 4.78 is 32.4. The molecule has 0 radical (unpaired) electrons. The molecule has 2 saturated heterocycles. The Balaban J connectivity index is 1.60. The van der Waals surface area contributed by atoms with Gasteiger partial charge in [0.25, 0.3) is 0 Å². The van der Waals surface area contributed by atoms with E-state index < -0.39 is 19.1 Å². The number of amides is 1. The number of likely N-dealkylation sites (tertiary alicyclic amines) is 1. The Kier molecular flexibility index (Phi) is 5.18. The van der Waals surface area contributed by atoms with Gasteiger partial charge in [0.15, 0.2) is 11.6 Å². The maximum atomic E-state index is 13.7. The Hall–Kier alpha value is -2.67. The zero-order valence-corrected chi connectivity index (χ0v) is 17.8. The summed E-state index contributed by atoms with van der Waals surface area (Å²) in [5, 5.41) is 9.60. The Labute approximate surface area is 174 Å². The SMILES string of the molecule is CP(C)(=O)c1cc(F)ccc1Oc1cncnc1N1CCC2(CCN(C(=O)O)C2)C1. The van der Waals surface area contributed by atoms with Crippen molar-refractivity contribution in [2.24, 2.45) is 5.41 Å². The highest BCUT2D eigenvalue weighted by molar-refractivity contribution is 7.70. The summed E-state index contributed by atoms with van der Waals surface area (Å²) in [5.41, 5.74) is -0.0931. The van der Waals surface area contributed by atoms with Gasteiger partial charge in [0.05, 0.1) is 11.5 Å². The van der Waals surface area contributed by atoms with Crippen LogP contribution in [-0.2, 0) is 4.57 Å². The smallest absolute Gasteiger partial charge is 0.407 e. The topological polar surface area (TPSA) is 95.9 Å². The summed E-state index contributed by atoms with van der Waals surface area (Å²) in [5.74, 6) is 0.820. The molecular weight excluding hydrogens is 410 g/mol. The van der Waals surface area contributed by atoms with Gasteiger partial charge in [0.1, 0.15) is 25.0 Å². The van der Waals surface area contributed by atoms with Crippen LogP contribution in [0.2, 0.25) is 0 Å². The minimum Gasteiger partial charge on any atom is -0.465 e. The first kappa shape index (κ1) is 20.6. The van der Waals surface area contributed by atoms with Gasteiger partial charge >= 0.3 is 6.09 Å². The third-order valence-corrected chi connectivity index (χ3v) is 7.34. The van der Waals surface area contributed by atoms with Crippen molar-refractivity contribution in [1.29, 1.82) is 0 Å². The molecule has 1 aromatic carbocycles. The van der Waals surface area contributed by atoms with Gasteiger partial charge in [-0.25, -0.2) is 19.2 Å². The lowest BCUT2D eigenvalue weighted by Crippen LogP contribution is -2.33. The standard InChI is InChI=1S/C20H24FN4O4P/c1-30(2,28)17-9-14(21)3-4-15(17)29-16-10-22-13-23-18(16)24-7-5-20(11-24)6-8-25(12-20)19(26)27/h3-4,9-10,13H,5-8,11-12H2,1-2H3,(H,26,27). The highest BCUT2D eigenvalue weighted by Crippen LogP contribution is 2.44. The predicted octanol–water partition coefficient (Wildman–Crippen LogP) is 3.24. The molecule has 10 heteroatoms. The Morgan fingerprint density at radius 1 is 1.23 bits per heavy atom. The van der Waals surface area contributed by atoms with Crippen LogP contribution in [-0.4, -0.2) is 65.6 Å². The normalized spacial score (nSPS) is 21.4. The van der Waals surface area contributed by atoms with Crippen molar-refractivity contribution in [2.75, 3.05) is 44.4 Å². The van der Waals surface area contributed by atoms with E-state index in [9.17, 15) is 18.9 Å². The minimum absolute atomic E-state index is 0.0931. The Morgan fingerprint density at radius 3 is 2.70 bits per heavy atom. The lowest BCUT2D eigenvalue weighted by Gasteiger charge is -2.25. The van der Waals surface area contributed by atoms with Gasteiger partial charge in [-0.2, -0.15) is 0 Å². The molecule has 2 aromatic rings. The fourth-order valence-electron chi connectivity index (χ4n) is 4.28. The van der Waals surface area contributed by atoms with Crippen molar-refractivity contribution in [3.05, 3.63) is 36.5 Å². The molecule has 0 bridgehead atoms. The molecule has 1 spiro atoms. The van der Waals surface area contributed by atoms with Gasteiger partial charge in [-0.15, -0.1) is 0 Å². The number of hydrogen-bond donors (Lipinski definition) is 1. The molecule has 0 aliphatic carbocycles. The van der Waals surface area contributed by atoms with Gasteiger partial charge in [-0.05, 0) is 44.4 Å². The third kappa shape index (κ3) is 3.99. The van der Waals surface area contributed by atoms with E-state index >= 15 is 0 Å². The molecule has 1 atom stereocenters. The summed E-state index contributed by atoms with van der Waals surface area (Å²) in [6, 6.07) is 3.97. The number of anilines is 1. The third-order valence-electron chi connectivity index (χ3n) is 5.83. The van der Waals surface area contributed by atoms with E-state index in [-0.39, 0.29) is 5.41 Å². The molecule has 1 amide bonds. The van der Waals surface area contributed by atoms with E-state index in [2.05, 4.69) is 14.9 Å². The van der Waals surface area contributed by atoms with Crippen molar-refractivity contribution in [1.82, 2.24) is 14.9 Å². The van der Waals surface area contributed by atoms with Crippen LogP contribution in [0.25, 0.3) is 0 Å². The minimum atomic E-state index is -2.78. The van der Waals surface area contributed by atoms with E-state index in [0.717, 1.165) is 19.4 Å². The van der Waals surface area contributed by atoms with Crippen LogP contribution in [0.1, 0.15) is 12.8 Å². The highest BCUT2D eigenvalue weighted by atomic mass is 31.2. The number of rotatable bonds is 4. The Morgan fingerprint density at radius 2 is 2.00 bits per heavy atom. The second-order valence-corrected chi connectivity index (χ2v) is 11.6. The zero-order chi connectivity index (χ0) is 21.5. The summed E-state index contributed by atoms with van der Waals surface area (Å²) in [7, 11) is -2.78. The molecule has 30 heavy (non-hydrogen) atoms. The number of carboxylic acid groups (broad SMARTS) is 1. The predicted molar refractivity (Wildman–Crippen MR) is 111 cm³/mol. The average molecular weight is 434 g/mol. The van der Waals surface area contributed by atoms with Gasteiger partial charge in [0.2, 0.25) is 0 Å². The second kappa shape index (κ2) is 7.54. The number of benzene rings is 1. The molecule has 1 N–H and O–H groups in total. The molecular formula is C20H24FN4O4P. The first-order chi connectivity index (χ1) is 14.2. The van der Waals surface area contributed by atoms with E-state index in [1.807, 2.05) is 0 Å². The number of aromatic nitrogens is 2. The molecule has 2 fully saturated rings. The van der Waals surface area contributed by atoms with Crippen LogP contribution in [0.5, 0.6) is 11.5 Å². The largest absolute Gasteiger partial charge is 0.465 e. The summed E-state index contributed by atoms with van der Waals surface area (Å²) in [4.78, 5) is 23.3. The van der Waals surface area contributed by atoms with Gasteiger partial charge in [-0.3, -0.25) is 0 Å². The lowest BCUT2D eigenvalue weighted by atomic mass is 9.86. The highest BCUT2D eigenvalue weighted by Gasteiger charge is 2.45. The summed E-state index contributed by atoms with van der Waals surface area (Å²) in [6.45, 7) is 5.57. The van der Waals surface area contributed by atoms with E-state index in [0.29, 0.717) is 42.3 Å². The molecule has 2 aliphatic heterocycles. The fourth-order valence-corrected chi connectivity index (χ4v) is 5.37. The fraction of sp³-hybridized carbons (Fsp3) is 0.450. The Bertz CT molecular complexity index is 1030. The van der Waals surface area contributed by atoms with Crippen molar-refractivity contribution in [3.63, 3.8) is 0 Å². The number of halogens is 1. The maximum absolute atomic E-state index is 13.7. The van der Waals surface area contributed by atoms with Gasteiger partial charge in [-0.1, -0.05) is 0 Å². The first-order valence-corrected chi connectivity index (χ1v) is 12.3. The van der Waals surface area contributed by atoms with E-state index in [4.69, 9.17) is 4.74 Å². The molecule has 4 rings (SSSR count). The molecule has 3 heterocycles. The van der Waals surface area contributed by atoms with E-state index in [1.165, 1.54) is 35.6 Å². The van der Waals surface area contributed by atoms with Crippen molar-refractivity contribution >= 4 is 24.4 Å². The van der Waals surface area contributed by atoms with Crippen LogP contribution < -0.4 is 14.9 Å². The number of carbonyl (C=O) groups is 1. The molecule has 0 saturated carbocycles. The van der Waals surface area contributed by atoms with Crippen molar-refractivity contribution in [3.8, 4) is 11.5 Å². The zero-order valence-electron chi connectivity index (χ0n) is 16.9. The lowest BCUT2D eigenvalue weighted by molar-refractivity contribution is 0.150. The van der Waals surface area contributed by atoms with Crippen molar-refractivity contribution in [2.45, 2.75) is 12.8 Å². The van der Waals surface area contributed by atoms with Crippen LogP contribution >= 0.6 is 7.14 Å². The maximum Gasteiger partial charge on any atom is 0.407 e. The molecule has 160 valence electrons. The summed E-state index contributed by atoms with van der Waals surface area (Å²) >= 11 is 0. The number of nitrogens with zero attached hydrogens (tertiary/aromatic N) is 4. The second-order valence-electron chi connectivity index (χ2n) is 8.40. The molecule has 1 unspecified atom stereocenters. The van der Waals surface area contributed by atoms with E-state index in [1.54, 1.807) is 13.3 Å². The van der Waals surface area contributed by atoms with Crippen LogP contribution in [0.15, 0.2) is 30.7 Å². The van der Waals surface area contributed by atoms with Crippen LogP contribution in [0, 0.1) is 11.2 Å². The van der Waals surface area contributed by atoms with Crippen molar-refractivity contribution < 1.29 is 23.6 Å². The summed E-state index contributed by atoms with van der Waals surface area (Å²) in [6.07, 6.45) is 3.76. The monoisotopic (exact) mass is 434 g/mol. The number of ether oxygens (including phenoxy) is 1. The first-order valence-electron chi connectivity index (χ1n) is 9.73. The quantitative estimate of drug-likeness (QED) is 0.738. The number of hydrogen-bond acceptors (Lipinski definition) is 6.